The van der Waals surface area contributed by atoms with Crippen molar-refractivity contribution < 1.29 is 18.7 Å². The minimum absolute atomic E-state index is 0.197. The number of amides is 1. The van der Waals surface area contributed by atoms with Crippen molar-refractivity contribution in [3.8, 4) is 5.69 Å². The molecule has 0 saturated carbocycles. The van der Waals surface area contributed by atoms with Gasteiger partial charge < -0.3 is 14.5 Å². The summed E-state index contributed by atoms with van der Waals surface area (Å²) in [5, 5.41) is 7.40. The smallest absolute Gasteiger partial charge is 0.331 e. The first-order valence-corrected chi connectivity index (χ1v) is 10.1. The highest BCUT2D eigenvalue weighted by atomic mass is 79.9. The third kappa shape index (κ3) is 5.70. The van der Waals surface area contributed by atoms with Crippen molar-refractivity contribution in [2.45, 2.75) is 26.2 Å². The SMILES string of the molecule is CC(C)(C)c1cc(NC(=O)COC(=O)C=Cc2ccc(Br)o2)n(-c2ccccc2)n1. The summed E-state index contributed by atoms with van der Waals surface area (Å²) >= 11 is 3.18. The first-order valence-electron chi connectivity index (χ1n) is 9.28. The van der Waals surface area contributed by atoms with Crippen molar-refractivity contribution in [1.29, 1.82) is 0 Å². The molecule has 2 heterocycles. The van der Waals surface area contributed by atoms with Crippen molar-refractivity contribution in [3.05, 3.63) is 70.7 Å². The van der Waals surface area contributed by atoms with Gasteiger partial charge in [-0.3, -0.25) is 4.79 Å². The van der Waals surface area contributed by atoms with Gasteiger partial charge >= 0.3 is 5.97 Å². The van der Waals surface area contributed by atoms with E-state index in [1.165, 1.54) is 12.2 Å². The number of anilines is 1. The van der Waals surface area contributed by atoms with Crippen molar-refractivity contribution in [1.82, 2.24) is 9.78 Å². The van der Waals surface area contributed by atoms with Gasteiger partial charge in [-0.1, -0.05) is 39.0 Å². The van der Waals surface area contributed by atoms with Crippen LogP contribution in [0.5, 0.6) is 0 Å². The molecular weight excluding hydrogens is 450 g/mol. The first kappa shape index (κ1) is 21.6. The van der Waals surface area contributed by atoms with E-state index in [9.17, 15) is 9.59 Å². The van der Waals surface area contributed by atoms with Crippen molar-refractivity contribution >= 4 is 39.7 Å². The van der Waals surface area contributed by atoms with E-state index in [0.717, 1.165) is 11.4 Å². The van der Waals surface area contributed by atoms with Crippen LogP contribution in [0.2, 0.25) is 0 Å². The highest BCUT2D eigenvalue weighted by Gasteiger charge is 2.21. The zero-order chi connectivity index (χ0) is 21.7. The number of hydrogen-bond donors (Lipinski definition) is 1. The van der Waals surface area contributed by atoms with Crippen molar-refractivity contribution in [2.75, 3.05) is 11.9 Å². The molecule has 0 aliphatic heterocycles. The van der Waals surface area contributed by atoms with Crippen LogP contribution >= 0.6 is 15.9 Å². The molecule has 1 amide bonds. The standard InChI is InChI=1S/C22H22BrN3O4/c1-22(2,3)17-13-19(26(25-17)15-7-5-4-6-8-15)24-20(27)14-29-21(28)12-10-16-9-11-18(23)30-16/h4-13H,14H2,1-3H3,(H,24,27). The molecule has 0 aliphatic rings. The van der Waals surface area contributed by atoms with Gasteiger partial charge in [0, 0.05) is 17.6 Å². The summed E-state index contributed by atoms with van der Waals surface area (Å²) in [6.45, 7) is 5.71. The van der Waals surface area contributed by atoms with Crippen LogP contribution in [-0.4, -0.2) is 28.3 Å². The highest BCUT2D eigenvalue weighted by Crippen LogP contribution is 2.26. The Balaban J connectivity index is 1.66. The predicted octanol–water partition coefficient (Wildman–Crippen LogP) is 4.72. The van der Waals surface area contributed by atoms with Gasteiger partial charge in [0.25, 0.3) is 5.91 Å². The molecular formula is C22H22BrN3O4. The topological polar surface area (TPSA) is 86.4 Å². The average molecular weight is 472 g/mol. The number of hydrogen-bond acceptors (Lipinski definition) is 5. The Morgan fingerprint density at radius 2 is 1.93 bits per heavy atom. The van der Waals surface area contributed by atoms with E-state index >= 15 is 0 Å². The van der Waals surface area contributed by atoms with E-state index in [1.54, 1.807) is 16.8 Å². The maximum atomic E-state index is 12.4. The maximum absolute atomic E-state index is 12.4. The fraction of sp³-hybridized carbons (Fsp3) is 0.227. The number of nitrogens with one attached hydrogen (secondary N) is 1. The van der Waals surface area contributed by atoms with Crippen LogP contribution in [-0.2, 0) is 19.7 Å². The van der Waals surface area contributed by atoms with E-state index < -0.39 is 18.5 Å². The molecule has 7 nitrogen and oxygen atoms in total. The highest BCUT2D eigenvalue weighted by molar-refractivity contribution is 9.10. The van der Waals surface area contributed by atoms with Gasteiger partial charge in [-0.05, 0) is 46.3 Å². The lowest BCUT2D eigenvalue weighted by atomic mass is 9.92. The molecule has 1 aromatic carbocycles. The van der Waals surface area contributed by atoms with Gasteiger partial charge in [-0.2, -0.15) is 5.10 Å². The third-order valence-corrected chi connectivity index (χ3v) is 4.50. The number of carbonyl (C=O) groups is 2. The second kappa shape index (κ2) is 9.13. The Morgan fingerprint density at radius 3 is 2.57 bits per heavy atom. The molecule has 0 bridgehead atoms. The van der Waals surface area contributed by atoms with Crippen LogP contribution in [0.1, 0.15) is 32.2 Å². The van der Waals surface area contributed by atoms with E-state index in [1.807, 2.05) is 57.2 Å². The Kier molecular flexibility index (Phi) is 6.56. The van der Waals surface area contributed by atoms with Crippen LogP contribution < -0.4 is 5.32 Å². The number of para-hydroxylation sites is 1. The van der Waals surface area contributed by atoms with Crippen LogP contribution in [0.4, 0.5) is 5.82 Å². The largest absolute Gasteiger partial charge is 0.452 e. The first-order chi connectivity index (χ1) is 14.2. The van der Waals surface area contributed by atoms with Crippen LogP contribution in [0.15, 0.2) is 63.7 Å². The Labute approximate surface area is 182 Å². The fourth-order valence-electron chi connectivity index (χ4n) is 2.53. The summed E-state index contributed by atoms with van der Waals surface area (Å²) in [6.07, 6.45) is 2.66. The molecule has 0 spiro atoms. The molecule has 3 rings (SSSR count). The normalized spacial score (nSPS) is 11.6. The molecule has 0 radical (unpaired) electrons. The molecule has 8 heteroatoms. The molecule has 0 atom stereocenters. The zero-order valence-corrected chi connectivity index (χ0v) is 18.5. The minimum Gasteiger partial charge on any atom is -0.452 e. The summed E-state index contributed by atoms with van der Waals surface area (Å²) in [6, 6.07) is 14.7. The molecule has 1 N–H and O–H groups in total. The lowest BCUT2D eigenvalue weighted by molar-refractivity contribution is -0.142. The third-order valence-electron chi connectivity index (χ3n) is 4.07. The number of aromatic nitrogens is 2. The lowest BCUT2D eigenvalue weighted by Gasteiger charge is -2.14. The second-order valence-corrected chi connectivity index (χ2v) is 8.32. The predicted molar refractivity (Wildman–Crippen MR) is 117 cm³/mol. The lowest BCUT2D eigenvalue weighted by Crippen LogP contribution is -2.21. The van der Waals surface area contributed by atoms with Gasteiger partial charge in [-0.25, -0.2) is 9.48 Å². The summed E-state index contributed by atoms with van der Waals surface area (Å²) in [4.78, 5) is 24.2. The monoisotopic (exact) mass is 471 g/mol. The average Bonchev–Trinajstić information content (AvgIpc) is 3.31. The quantitative estimate of drug-likeness (QED) is 0.415. The summed E-state index contributed by atoms with van der Waals surface area (Å²) in [5.74, 6) is -0.118. The second-order valence-electron chi connectivity index (χ2n) is 7.54. The molecule has 0 aliphatic carbocycles. The van der Waals surface area contributed by atoms with E-state index in [4.69, 9.17) is 9.15 Å². The Hall–Kier alpha value is -3.13. The summed E-state index contributed by atoms with van der Waals surface area (Å²) < 4.78 is 12.5. The molecule has 2 aromatic heterocycles. The number of carbonyl (C=O) groups excluding carboxylic acids is 2. The molecule has 3 aromatic rings. The van der Waals surface area contributed by atoms with E-state index in [0.29, 0.717) is 16.2 Å². The van der Waals surface area contributed by atoms with Crippen LogP contribution in [0.25, 0.3) is 11.8 Å². The van der Waals surface area contributed by atoms with Crippen molar-refractivity contribution in [2.24, 2.45) is 0 Å². The number of furan rings is 1. The Bertz CT molecular complexity index is 1060. The van der Waals surface area contributed by atoms with Gasteiger partial charge in [0.05, 0.1) is 11.4 Å². The zero-order valence-electron chi connectivity index (χ0n) is 16.9. The van der Waals surface area contributed by atoms with E-state index in [2.05, 4.69) is 26.3 Å². The summed E-state index contributed by atoms with van der Waals surface area (Å²) in [5.41, 5.74) is 1.44. The van der Waals surface area contributed by atoms with Gasteiger partial charge in [0.2, 0.25) is 0 Å². The van der Waals surface area contributed by atoms with Gasteiger partial charge in [0.15, 0.2) is 11.3 Å². The number of nitrogens with zero attached hydrogens (tertiary/aromatic N) is 2. The molecule has 30 heavy (non-hydrogen) atoms. The van der Waals surface area contributed by atoms with Gasteiger partial charge in [-0.15, -0.1) is 0 Å². The Morgan fingerprint density at radius 1 is 1.20 bits per heavy atom. The molecule has 156 valence electrons. The van der Waals surface area contributed by atoms with Crippen LogP contribution in [0.3, 0.4) is 0 Å². The maximum Gasteiger partial charge on any atom is 0.331 e. The van der Waals surface area contributed by atoms with Crippen molar-refractivity contribution in [3.63, 3.8) is 0 Å². The number of benzene rings is 1. The van der Waals surface area contributed by atoms with Crippen LogP contribution in [0, 0.1) is 0 Å². The number of esters is 1. The molecule has 0 saturated heterocycles. The molecule has 0 fully saturated rings. The number of halogens is 1. The minimum atomic E-state index is -0.648. The van der Waals surface area contributed by atoms with E-state index in [-0.39, 0.29) is 5.41 Å². The fourth-order valence-corrected chi connectivity index (χ4v) is 2.85. The number of ether oxygens (including phenoxy) is 1. The molecule has 0 unspecified atom stereocenters. The summed E-state index contributed by atoms with van der Waals surface area (Å²) in [7, 11) is 0. The number of rotatable bonds is 6. The van der Waals surface area contributed by atoms with Gasteiger partial charge in [0.1, 0.15) is 11.6 Å².